The molecule has 0 heterocycles. The summed E-state index contributed by atoms with van der Waals surface area (Å²) >= 11 is 0. The minimum Gasteiger partial charge on any atom is -0.481 e. The van der Waals surface area contributed by atoms with Crippen molar-refractivity contribution < 1.29 is 19.4 Å². The molecule has 0 aliphatic carbocycles. The number of carboxylic acid groups (broad SMARTS) is 1. The molecule has 0 saturated heterocycles. The van der Waals surface area contributed by atoms with Gasteiger partial charge < -0.3 is 14.6 Å². The minimum atomic E-state index is -0.840. The van der Waals surface area contributed by atoms with Crippen molar-refractivity contribution in [3.05, 3.63) is 0 Å². The highest BCUT2D eigenvalue weighted by Crippen LogP contribution is 2.26. The summed E-state index contributed by atoms with van der Waals surface area (Å²) in [6.07, 6.45) is 1.69. The van der Waals surface area contributed by atoms with Crippen LogP contribution in [0.15, 0.2) is 0 Å². The van der Waals surface area contributed by atoms with E-state index in [1.165, 1.54) is 0 Å². The van der Waals surface area contributed by atoms with Crippen LogP contribution in [0.2, 0.25) is 0 Å². The zero-order valence-electron chi connectivity index (χ0n) is 13.5. The Morgan fingerprint density at radius 2 is 1.53 bits per heavy atom. The average Bonchev–Trinajstić information content (AvgIpc) is 2.12. The standard InChI is InChI=1S/C15H30O4/c1-8-13(2,3)19-14(4,5)9-10-18-15(6,7)11-12(16)17/h8-11H2,1-7H3,(H,16,17). The minimum absolute atomic E-state index is 0.00867. The lowest BCUT2D eigenvalue weighted by Crippen LogP contribution is -2.38. The highest BCUT2D eigenvalue weighted by molar-refractivity contribution is 5.67. The third kappa shape index (κ3) is 9.00. The fourth-order valence-electron chi connectivity index (χ4n) is 1.86. The van der Waals surface area contributed by atoms with E-state index in [9.17, 15) is 4.79 Å². The fraction of sp³-hybridized carbons (Fsp3) is 0.933. The van der Waals surface area contributed by atoms with E-state index >= 15 is 0 Å². The molecule has 0 saturated carbocycles. The third-order valence-electron chi connectivity index (χ3n) is 3.18. The number of ether oxygens (including phenoxy) is 2. The first-order valence-electron chi connectivity index (χ1n) is 6.95. The predicted octanol–water partition coefficient (Wildman–Crippen LogP) is 3.63. The Hall–Kier alpha value is -0.610. The Kier molecular flexibility index (Phi) is 6.49. The van der Waals surface area contributed by atoms with Gasteiger partial charge in [0.25, 0.3) is 0 Å². The SMILES string of the molecule is CCC(C)(C)OC(C)(C)CCOC(C)(C)CC(=O)O. The Bertz CT molecular complexity index is 293. The maximum atomic E-state index is 10.7. The molecule has 0 fully saturated rings. The largest absolute Gasteiger partial charge is 0.481 e. The van der Waals surface area contributed by atoms with Gasteiger partial charge in [0.05, 0.1) is 29.8 Å². The van der Waals surface area contributed by atoms with Gasteiger partial charge in [-0.25, -0.2) is 0 Å². The Morgan fingerprint density at radius 1 is 1.00 bits per heavy atom. The smallest absolute Gasteiger partial charge is 0.306 e. The van der Waals surface area contributed by atoms with Crippen LogP contribution in [0.3, 0.4) is 0 Å². The Labute approximate surface area is 117 Å². The van der Waals surface area contributed by atoms with E-state index in [2.05, 4.69) is 20.8 Å². The first-order chi connectivity index (χ1) is 8.39. The van der Waals surface area contributed by atoms with Gasteiger partial charge in [-0.2, -0.15) is 0 Å². The molecule has 0 unspecified atom stereocenters. The van der Waals surface area contributed by atoms with Crippen molar-refractivity contribution in [3.63, 3.8) is 0 Å². The van der Waals surface area contributed by atoms with E-state index in [0.717, 1.165) is 12.8 Å². The second-order valence-corrected chi connectivity index (χ2v) is 6.90. The van der Waals surface area contributed by atoms with Gasteiger partial charge >= 0.3 is 5.97 Å². The van der Waals surface area contributed by atoms with E-state index in [1.54, 1.807) is 13.8 Å². The second kappa shape index (κ2) is 6.71. The van der Waals surface area contributed by atoms with Gasteiger partial charge in [0.2, 0.25) is 0 Å². The maximum Gasteiger partial charge on any atom is 0.306 e. The predicted molar refractivity (Wildman–Crippen MR) is 76.4 cm³/mol. The molecule has 0 aliphatic heterocycles. The Balaban J connectivity index is 4.22. The summed E-state index contributed by atoms with van der Waals surface area (Å²) < 4.78 is 11.7. The lowest BCUT2D eigenvalue weighted by atomic mass is 10.0. The zero-order chi connectivity index (χ0) is 15.3. The van der Waals surface area contributed by atoms with Crippen molar-refractivity contribution in [1.82, 2.24) is 0 Å². The summed E-state index contributed by atoms with van der Waals surface area (Å²) in [7, 11) is 0. The number of hydrogen-bond acceptors (Lipinski definition) is 3. The molecule has 0 aromatic carbocycles. The normalized spacial score (nSPS) is 13.6. The average molecular weight is 274 g/mol. The summed E-state index contributed by atoms with van der Waals surface area (Å²) in [4.78, 5) is 10.7. The topological polar surface area (TPSA) is 55.8 Å². The van der Waals surface area contributed by atoms with E-state index in [1.807, 2.05) is 13.8 Å². The molecule has 19 heavy (non-hydrogen) atoms. The zero-order valence-corrected chi connectivity index (χ0v) is 13.5. The van der Waals surface area contributed by atoms with Crippen molar-refractivity contribution in [2.75, 3.05) is 6.61 Å². The van der Waals surface area contributed by atoms with Crippen molar-refractivity contribution in [1.29, 1.82) is 0 Å². The van der Waals surface area contributed by atoms with E-state index in [0.29, 0.717) is 6.61 Å². The van der Waals surface area contributed by atoms with Gasteiger partial charge in [0.1, 0.15) is 0 Å². The molecule has 0 amide bonds. The molecular formula is C15H30O4. The number of hydrogen-bond donors (Lipinski definition) is 1. The second-order valence-electron chi connectivity index (χ2n) is 6.90. The molecule has 0 radical (unpaired) electrons. The molecule has 0 atom stereocenters. The van der Waals surface area contributed by atoms with Gasteiger partial charge in [-0.05, 0) is 54.4 Å². The molecule has 4 heteroatoms. The van der Waals surface area contributed by atoms with Crippen LogP contribution in [0.4, 0.5) is 0 Å². The van der Waals surface area contributed by atoms with Crippen LogP contribution in [0.1, 0.15) is 67.7 Å². The van der Waals surface area contributed by atoms with Crippen molar-refractivity contribution in [2.24, 2.45) is 0 Å². The lowest BCUT2D eigenvalue weighted by molar-refractivity contribution is -0.150. The molecule has 114 valence electrons. The first kappa shape index (κ1) is 18.4. The first-order valence-corrected chi connectivity index (χ1v) is 6.95. The summed E-state index contributed by atoms with van der Waals surface area (Å²) in [5, 5.41) is 8.79. The van der Waals surface area contributed by atoms with E-state index in [4.69, 9.17) is 14.6 Å². The van der Waals surface area contributed by atoms with Gasteiger partial charge in [0.15, 0.2) is 0 Å². The molecule has 0 spiro atoms. The number of carbonyl (C=O) groups is 1. The Morgan fingerprint density at radius 3 is 1.95 bits per heavy atom. The van der Waals surface area contributed by atoms with Crippen LogP contribution in [0.5, 0.6) is 0 Å². The van der Waals surface area contributed by atoms with Gasteiger partial charge in [0, 0.05) is 0 Å². The van der Waals surface area contributed by atoms with Gasteiger partial charge in [-0.3, -0.25) is 4.79 Å². The van der Waals surface area contributed by atoms with Crippen LogP contribution in [-0.2, 0) is 14.3 Å². The molecular weight excluding hydrogens is 244 g/mol. The number of carboxylic acids is 1. The molecule has 4 nitrogen and oxygen atoms in total. The van der Waals surface area contributed by atoms with Crippen LogP contribution in [0, 0.1) is 0 Å². The third-order valence-corrected chi connectivity index (χ3v) is 3.18. The summed E-state index contributed by atoms with van der Waals surface area (Å²) in [6.45, 7) is 14.4. The highest BCUT2D eigenvalue weighted by Gasteiger charge is 2.29. The number of aliphatic carboxylic acids is 1. The summed E-state index contributed by atoms with van der Waals surface area (Å²) in [6, 6.07) is 0. The number of rotatable bonds is 9. The quantitative estimate of drug-likeness (QED) is 0.697. The monoisotopic (exact) mass is 274 g/mol. The van der Waals surface area contributed by atoms with Crippen molar-refractivity contribution in [2.45, 2.75) is 84.5 Å². The molecule has 0 aliphatic rings. The molecule has 0 aromatic heterocycles. The highest BCUT2D eigenvalue weighted by atomic mass is 16.5. The molecule has 0 rings (SSSR count). The van der Waals surface area contributed by atoms with Crippen LogP contribution in [-0.4, -0.2) is 34.5 Å². The summed E-state index contributed by atoms with van der Waals surface area (Å²) in [5.41, 5.74) is -1.07. The summed E-state index contributed by atoms with van der Waals surface area (Å²) in [5.74, 6) is -0.840. The van der Waals surface area contributed by atoms with Crippen molar-refractivity contribution in [3.8, 4) is 0 Å². The van der Waals surface area contributed by atoms with E-state index < -0.39 is 11.6 Å². The lowest BCUT2D eigenvalue weighted by Gasteiger charge is -2.36. The fourth-order valence-corrected chi connectivity index (χ4v) is 1.86. The molecule has 0 aromatic rings. The van der Waals surface area contributed by atoms with Crippen LogP contribution >= 0.6 is 0 Å². The molecule has 0 bridgehead atoms. The van der Waals surface area contributed by atoms with Crippen LogP contribution in [0.25, 0.3) is 0 Å². The van der Waals surface area contributed by atoms with E-state index in [-0.39, 0.29) is 17.6 Å². The maximum absolute atomic E-state index is 10.7. The molecule has 1 N–H and O–H groups in total. The van der Waals surface area contributed by atoms with Crippen molar-refractivity contribution >= 4 is 5.97 Å². The van der Waals surface area contributed by atoms with Gasteiger partial charge in [-0.1, -0.05) is 6.92 Å². The van der Waals surface area contributed by atoms with Gasteiger partial charge in [-0.15, -0.1) is 0 Å². The van der Waals surface area contributed by atoms with Crippen LogP contribution < -0.4 is 0 Å².